The van der Waals surface area contributed by atoms with E-state index in [0.29, 0.717) is 41.3 Å². The van der Waals surface area contributed by atoms with Gasteiger partial charge in [-0.1, -0.05) is 11.6 Å². The number of nitriles is 1. The standard InChI is InChI=1S/C21H20ClN3O4/c1-13-10-25(11-14(2)27-13)21-18(9-23)24-20(29-21)19-8-7-17(28-19)12-26-16-5-3-15(22)4-6-16/h3-8,13-14H,10-12H2,1-2H3/t13-,14-/m1/s1. The Labute approximate surface area is 173 Å². The second kappa shape index (κ2) is 8.19. The van der Waals surface area contributed by atoms with Crippen LogP contribution in [-0.2, 0) is 11.3 Å². The van der Waals surface area contributed by atoms with Crippen LogP contribution in [0.5, 0.6) is 5.75 Å². The predicted octanol–water partition coefficient (Wildman–Crippen LogP) is 4.65. The molecule has 0 N–H and O–H groups in total. The third-order valence-corrected chi connectivity index (χ3v) is 4.74. The maximum absolute atomic E-state index is 9.49. The van der Waals surface area contributed by atoms with Gasteiger partial charge < -0.3 is 23.2 Å². The maximum atomic E-state index is 9.49. The van der Waals surface area contributed by atoms with E-state index in [0.717, 1.165) is 0 Å². The minimum Gasteiger partial charge on any atom is -0.486 e. The number of hydrogen-bond acceptors (Lipinski definition) is 7. The first-order valence-electron chi connectivity index (χ1n) is 9.30. The molecule has 8 heteroatoms. The van der Waals surface area contributed by atoms with Crippen LogP contribution in [0, 0.1) is 11.3 Å². The van der Waals surface area contributed by atoms with E-state index in [1.807, 2.05) is 18.7 Å². The molecule has 0 unspecified atom stereocenters. The van der Waals surface area contributed by atoms with Crippen molar-refractivity contribution >= 4 is 17.5 Å². The first-order chi connectivity index (χ1) is 14.0. The summed E-state index contributed by atoms with van der Waals surface area (Å²) in [4.78, 5) is 6.29. The van der Waals surface area contributed by atoms with E-state index in [1.165, 1.54) is 0 Å². The number of ether oxygens (including phenoxy) is 2. The van der Waals surface area contributed by atoms with Crippen LogP contribution in [0.3, 0.4) is 0 Å². The monoisotopic (exact) mass is 413 g/mol. The molecular formula is C21H20ClN3O4. The van der Waals surface area contributed by atoms with Gasteiger partial charge in [-0.2, -0.15) is 10.2 Å². The Bertz CT molecular complexity index is 1010. The van der Waals surface area contributed by atoms with Gasteiger partial charge >= 0.3 is 0 Å². The van der Waals surface area contributed by atoms with E-state index in [1.54, 1.807) is 36.4 Å². The van der Waals surface area contributed by atoms with Crippen molar-refractivity contribution in [2.45, 2.75) is 32.7 Å². The number of oxazole rings is 1. The summed E-state index contributed by atoms with van der Waals surface area (Å²) < 4.78 is 23.1. The molecule has 0 spiro atoms. The Morgan fingerprint density at radius 1 is 1.14 bits per heavy atom. The highest BCUT2D eigenvalue weighted by Gasteiger charge is 2.28. The summed E-state index contributed by atoms with van der Waals surface area (Å²) >= 11 is 5.87. The van der Waals surface area contributed by atoms with Gasteiger partial charge in [-0.25, -0.2) is 0 Å². The molecule has 150 valence electrons. The van der Waals surface area contributed by atoms with Crippen LogP contribution >= 0.6 is 11.6 Å². The van der Waals surface area contributed by atoms with Crippen molar-refractivity contribution in [3.05, 3.63) is 52.9 Å². The SMILES string of the molecule is C[C@@H]1CN(c2oc(-c3ccc(COc4ccc(Cl)cc4)o3)nc2C#N)C[C@@H](C)O1. The number of morpholine rings is 1. The zero-order chi connectivity index (χ0) is 20.4. The Morgan fingerprint density at radius 3 is 2.55 bits per heavy atom. The lowest BCUT2D eigenvalue weighted by atomic mass is 10.2. The van der Waals surface area contributed by atoms with Crippen LogP contribution < -0.4 is 9.64 Å². The molecule has 7 nitrogen and oxygen atoms in total. The lowest BCUT2D eigenvalue weighted by molar-refractivity contribution is -0.00639. The molecule has 0 bridgehead atoms. The van der Waals surface area contributed by atoms with Gasteiger partial charge in [0.25, 0.3) is 5.89 Å². The smallest absolute Gasteiger partial charge is 0.266 e. The summed E-state index contributed by atoms with van der Waals surface area (Å²) in [6.07, 6.45) is 0.0816. The highest BCUT2D eigenvalue weighted by Crippen LogP contribution is 2.31. The highest BCUT2D eigenvalue weighted by atomic mass is 35.5. The topological polar surface area (TPSA) is 84.7 Å². The second-order valence-electron chi connectivity index (χ2n) is 6.96. The van der Waals surface area contributed by atoms with E-state index in [9.17, 15) is 5.26 Å². The number of aromatic nitrogens is 1. The van der Waals surface area contributed by atoms with Crippen LogP contribution in [0.25, 0.3) is 11.7 Å². The van der Waals surface area contributed by atoms with Crippen molar-refractivity contribution in [3.63, 3.8) is 0 Å². The summed E-state index contributed by atoms with van der Waals surface area (Å²) in [5.74, 6) is 2.45. The van der Waals surface area contributed by atoms with Gasteiger partial charge in [0.2, 0.25) is 11.6 Å². The molecule has 1 fully saturated rings. The third-order valence-electron chi connectivity index (χ3n) is 4.49. The summed E-state index contributed by atoms with van der Waals surface area (Å²) in [5.41, 5.74) is 0.233. The van der Waals surface area contributed by atoms with Crippen LogP contribution in [0.15, 0.2) is 45.2 Å². The van der Waals surface area contributed by atoms with Gasteiger partial charge in [-0.15, -0.1) is 0 Å². The van der Waals surface area contributed by atoms with Gasteiger partial charge in [-0.3, -0.25) is 0 Å². The van der Waals surface area contributed by atoms with Crippen molar-refractivity contribution in [2.24, 2.45) is 0 Å². The highest BCUT2D eigenvalue weighted by molar-refractivity contribution is 6.30. The number of nitrogens with zero attached hydrogens (tertiary/aromatic N) is 3. The van der Waals surface area contributed by atoms with E-state index in [2.05, 4.69) is 11.1 Å². The zero-order valence-electron chi connectivity index (χ0n) is 16.1. The van der Waals surface area contributed by atoms with Crippen LogP contribution in [0.2, 0.25) is 5.02 Å². The zero-order valence-corrected chi connectivity index (χ0v) is 16.8. The molecule has 0 amide bonds. The minimum atomic E-state index is 0.0408. The van der Waals surface area contributed by atoms with Gasteiger partial charge in [0.15, 0.2) is 5.76 Å². The van der Waals surface area contributed by atoms with E-state index < -0.39 is 0 Å². The molecule has 2 aromatic heterocycles. The van der Waals surface area contributed by atoms with E-state index >= 15 is 0 Å². The van der Waals surface area contributed by atoms with Crippen molar-refractivity contribution in [1.29, 1.82) is 5.26 Å². The molecule has 2 atom stereocenters. The fourth-order valence-electron chi connectivity index (χ4n) is 3.30. The van der Waals surface area contributed by atoms with Gasteiger partial charge in [0, 0.05) is 18.1 Å². The predicted molar refractivity (Wildman–Crippen MR) is 107 cm³/mol. The summed E-state index contributed by atoms with van der Waals surface area (Å²) in [7, 11) is 0. The second-order valence-corrected chi connectivity index (χ2v) is 7.39. The fourth-order valence-corrected chi connectivity index (χ4v) is 3.43. The Balaban J connectivity index is 1.50. The summed E-state index contributed by atoms with van der Waals surface area (Å²) in [5, 5.41) is 10.1. The molecule has 1 saturated heterocycles. The maximum Gasteiger partial charge on any atom is 0.266 e. The van der Waals surface area contributed by atoms with Gasteiger partial charge in [-0.05, 0) is 50.2 Å². The molecule has 1 aromatic carbocycles. The quantitative estimate of drug-likeness (QED) is 0.601. The van der Waals surface area contributed by atoms with Crippen molar-refractivity contribution in [2.75, 3.05) is 18.0 Å². The molecule has 3 aromatic rings. The lowest BCUT2D eigenvalue weighted by Gasteiger charge is -2.34. The number of rotatable bonds is 5. The first kappa shape index (κ1) is 19.4. The molecule has 29 heavy (non-hydrogen) atoms. The van der Waals surface area contributed by atoms with Crippen LogP contribution in [0.1, 0.15) is 25.3 Å². The van der Waals surface area contributed by atoms with Crippen molar-refractivity contribution in [3.8, 4) is 23.5 Å². The number of hydrogen-bond donors (Lipinski definition) is 0. The van der Waals surface area contributed by atoms with Gasteiger partial charge in [0.05, 0.1) is 12.2 Å². The fraction of sp³-hybridized carbons (Fsp3) is 0.333. The average molecular weight is 414 g/mol. The summed E-state index contributed by atoms with van der Waals surface area (Å²) in [6, 6.07) is 12.7. The van der Waals surface area contributed by atoms with Crippen LogP contribution in [-0.4, -0.2) is 30.3 Å². The average Bonchev–Trinajstić information content (AvgIpc) is 3.33. The Morgan fingerprint density at radius 2 is 1.86 bits per heavy atom. The molecular weight excluding hydrogens is 394 g/mol. The molecule has 4 rings (SSSR count). The molecule has 0 aliphatic carbocycles. The minimum absolute atomic E-state index is 0.0408. The third kappa shape index (κ3) is 4.39. The number of anilines is 1. The summed E-state index contributed by atoms with van der Waals surface area (Å²) in [6.45, 7) is 5.49. The molecule has 0 saturated carbocycles. The Kier molecular flexibility index (Phi) is 5.47. The van der Waals surface area contributed by atoms with Crippen molar-refractivity contribution in [1.82, 2.24) is 4.98 Å². The normalized spacial score (nSPS) is 19.2. The molecule has 0 radical (unpaired) electrons. The lowest BCUT2D eigenvalue weighted by Crippen LogP contribution is -2.45. The molecule has 1 aliphatic heterocycles. The number of furan rings is 1. The van der Waals surface area contributed by atoms with Crippen LogP contribution in [0.4, 0.5) is 5.88 Å². The van der Waals surface area contributed by atoms with Crippen molar-refractivity contribution < 1.29 is 18.3 Å². The molecule has 3 heterocycles. The first-order valence-corrected chi connectivity index (χ1v) is 9.68. The molecule has 1 aliphatic rings. The largest absolute Gasteiger partial charge is 0.486 e. The Hall–Kier alpha value is -2.95. The van der Waals surface area contributed by atoms with E-state index in [4.69, 9.17) is 29.9 Å². The van der Waals surface area contributed by atoms with E-state index in [-0.39, 0.29) is 30.4 Å². The number of benzene rings is 1. The van der Waals surface area contributed by atoms with Gasteiger partial charge in [0.1, 0.15) is 24.2 Å². The number of halogens is 1.